The molecule has 1 unspecified atom stereocenters. The third-order valence-corrected chi connectivity index (χ3v) is 6.19. The number of hydrogen-bond donors (Lipinski definition) is 1. The van der Waals surface area contributed by atoms with E-state index in [0.29, 0.717) is 16.8 Å². The Morgan fingerprint density at radius 2 is 2.10 bits per heavy atom. The predicted molar refractivity (Wildman–Crippen MR) is 119 cm³/mol. The molecule has 150 valence electrons. The van der Waals surface area contributed by atoms with Gasteiger partial charge in [0.05, 0.1) is 35.2 Å². The minimum absolute atomic E-state index is 0.136. The van der Waals surface area contributed by atoms with Crippen molar-refractivity contribution in [3.8, 4) is 23.1 Å². The lowest BCUT2D eigenvalue weighted by atomic mass is 10.1. The summed E-state index contributed by atoms with van der Waals surface area (Å²) in [5.41, 5.74) is 3.39. The number of carbonyl (C=O) groups excluding carboxylic acids is 1. The first-order chi connectivity index (χ1) is 14.7. The van der Waals surface area contributed by atoms with Crippen LogP contribution in [0.5, 0.6) is 5.75 Å². The zero-order chi connectivity index (χ0) is 20.9. The van der Waals surface area contributed by atoms with Crippen LogP contribution in [0.1, 0.15) is 17.8 Å². The number of carbonyl (C=O) groups is 1. The molecule has 1 atom stereocenters. The minimum atomic E-state index is -0.881. The Labute approximate surface area is 181 Å². The fourth-order valence-corrected chi connectivity index (χ4v) is 4.62. The number of fused-ring (bicyclic) bond motifs is 1. The Hall–Kier alpha value is -3.15. The second-order valence-electron chi connectivity index (χ2n) is 6.41. The Morgan fingerprint density at radius 3 is 2.87 bits per heavy atom. The molecule has 0 aliphatic rings. The molecule has 0 amide bonds. The highest BCUT2D eigenvalue weighted by molar-refractivity contribution is 7.99. The largest absolute Gasteiger partial charge is 0.494 e. The van der Waals surface area contributed by atoms with E-state index in [4.69, 9.17) is 4.74 Å². The first kappa shape index (κ1) is 20.1. The van der Waals surface area contributed by atoms with Crippen molar-refractivity contribution in [1.29, 1.82) is 5.26 Å². The molecular formula is C22H18N4O2S2. The molecule has 2 heterocycles. The maximum Gasteiger partial charge on any atom is 0.167 e. The van der Waals surface area contributed by atoms with E-state index in [9.17, 15) is 10.1 Å². The average molecular weight is 435 g/mol. The molecule has 0 saturated heterocycles. The van der Waals surface area contributed by atoms with Gasteiger partial charge in [0.1, 0.15) is 10.8 Å². The van der Waals surface area contributed by atoms with Crippen LogP contribution in [0.4, 0.5) is 0 Å². The van der Waals surface area contributed by atoms with Crippen LogP contribution < -0.4 is 4.74 Å². The molecule has 0 aliphatic carbocycles. The van der Waals surface area contributed by atoms with Crippen molar-refractivity contribution in [2.45, 2.75) is 18.0 Å². The summed E-state index contributed by atoms with van der Waals surface area (Å²) >= 11 is 2.62. The normalized spacial score (nSPS) is 11.9. The number of ether oxygens (including phenoxy) is 1. The summed E-state index contributed by atoms with van der Waals surface area (Å²) in [6.45, 7) is 2.52. The fraction of sp³-hybridized carbons (Fsp3) is 0.182. The van der Waals surface area contributed by atoms with Crippen LogP contribution >= 0.6 is 23.1 Å². The molecule has 4 aromatic rings. The molecule has 4 rings (SSSR count). The fourth-order valence-electron chi connectivity index (χ4n) is 2.94. The number of benzene rings is 2. The van der Waals surface area contributed by atoms with E-state index in [1.807, 2.05) is 60.8 Å². The standard InChI is InChI=1S/C22H18N4O2S2/c1-2-28-15-8-9-17-18(10-15)26-22(25-17)30-13-20(27)16(11-23)21-24-19(12-29-21)14-6-4-3-5-7-14/h3-10,12,16H,2,13H2,1H3,(H,25,26). The number of hydrogen-bond acceptors (Lipinski definition) is 7. The van der Waals surface area contributed by atoms with Gasteiger partial charge in [-0.1, -0.05) is 42.1 Å². The molecule has 2 aromatic carbocycles. The number of aromatic nitrogens is 3. The summed E-state index contributed by atoms with van der Waals surface area (Å²) in [5, 5.41) is 12.6. The van der Waals surface area contributed by atoms with Crippen LogP contribution in [0.2, 0.25) is 0 Å². The van der Waals surface area contributed by atoms with Gasteiger partial charge in [0, 0.05) is 17.0 Å². The van der Waals surface area contributed by atoms with E-state index in [2.05, 4.69) is 21.0 Å². The maximum atomic E-state index is 12.7. The molecule has 0 aliphatic heterocycles. The molecule has 0 spiro atoms. The van der Waals surface area contributed by atoms with Gasteiger partial charge in [-0.05, 0) is 19.1 Å². The first-order valence-electron chi connectivity index (χ1n) is 9.36. The van der Waals surface area contributed by atoms with E-state index >= 15 is 0 Å². The number of Topliss-reactive ketones (excluding diaryl/α,β-unsaturated/α-hetero) is 1. The zero-order valence-electron chi connectivity index (χ0n) is 16.2. The molecule has 30 heavy (non-hydrogen) atoms. The van der Waals surface area contributed by atoms with Crippen LogP contribution in [-0.4, -0.2) is 33.1 Å². The third kappa shape index (κ3) is 4.37. The van der Waals surface area contributed by atoms with E-state index in [1.54, 1.807) is 0 Å². The number of nitrogens with zero attached hydrogens (tertiary/aromatic N) is 3. The second-order valence-corrected chi connectivity index (χ2v) is 8.26. The highest BCUT2D eigenvalue weighted by Gasteiger charge is 2.24. The Balaban J connectivity index is 1.44. The number of aromatic amines is 1. The maximum absolute atomic E-state index is 12.7. The molecular weight excluding hydrogens is 416 g/mol. The van der Waals surface area contributed by atoms with E-state index < -0.39 is 5.92 Å². The Kier molecular flexibility index (Phi) is 6.12. The summed E-state index contributed by atoms with van der Waals surface area (Å²) in [6, 6.07) is 17.4. The number of thiazole rings is 1. The van der Waals surface area contributed by atoms with Gasteiger partial charge in [0.2, 0.25) is 0 Å². The highest BCUT2D eigenvalue weighted by Crippen LogP contribution is 2.29. The molecule has 0 fully saturated rings. The summed E-state index contributed by atoms with van der Waals surface area (Å²) in [7, 11) is 0. The number of thioether (sulfide) groups is 1. The Morgan fingerprint density at radius 1 is 1.27 bits per heavy atom. The van der Waals surface area contributed by atoms with Crippen molar-refractivity contribution in [2.75, 3.05) is 12.4 Å². The van der Waals surface area contributed by atoms with E-state index in [-0.39, 0.29) is 11.5 Å². The molecule has 0 saturated carbocycles. The predicted octanol–water partition coefficient (Wildman–Crippen LogP) is 5.05. The topological polar surface area (TPSA) is 91.7 Å². The summed E-state index contributed by atoms with van der Waals surface area (Å²) in [6.07, 6.45) is 0. The van der Waals surface area contributed by atoms with Crippen molar-refractivity contribution in [1.82, 2.24) is 15.0 Å². The summed E-state index contributed by atoms with van der Waals surface area (Å²) in [4.78, 5) is 24.9. The van der Waals surface area contributed by atoms with Crippen LogP contribution in [0, 0.1) is 11.3 Å². The van der Waals surface area contributed by atoms with Crippen molar-refractivity contribution in [3.63, 3.8) is 0 Å². The van der Waals surface area contributed by atoms with Crippen molar-refractivity contribution in [3.05, 3.63) is 58.9 Å². The number of imidazole rings is 1. The van der Waals surface area contributed by atoms with Gasteiger partial charge in [-0.2, -0.15) is 5.26 Å². The van der Waals surface area contributed by atoms with Crippen LogP contribution in [0.3, 0.4) is 0 Å². The minimum Gasteiger partial charge on any atom is -0.494 e. The third-order valence-electron chi connectivity index (χ3n) is 4.38. The number of H-pyrrole nitrogens is 1. The van der Waals surface area contributed by atoms with Crippen molar-refractivity contribution < 1.29 is 9.53 Å². The lowest BCUT2D eigenvalue weighted by Crippen LogP contribution is -2.13. The highest BCUT2D eigenvalue weighted by atomic mass is 32.2. The molecule has 0 bridgehead atoms. The quantitative estimate of drug-likeness (QED) is 0.390. The van der Waals surface area contributed by atoms with Crippen LogP contribution in [-0.2, 0) is 4.79 Å². The number of ketones is 1. The molecule has 0 radical (unpaired) electrons. The first-order valence-corrected chi connectivity index (χ1v) is 11.2. The van der Waals surface area contributed by atoms with Crippen LogP contribution in [0.25, 0.3) is 22.3 Å². The number of nitrogens with one attached hydrogen (secondary N) is 1. The molecule has 6 nitrogen and oxygen atoms in total. The van der Waals surface area contributed by atoms with E-state index in [1.165, 1.54) is 23.1 Å². The van der Waals surface area contributed by atoms with E-state index in [0.717, 1.165) is 28.0 Å². The van der Waals surface area contributed by atoms with Crippen molar-refractivity contribution >= 4 is 39.9 Å². The van der Waals surface area contributed by atoms with Crippen LogP contribution in [0.15, 0.2) is 59.1 Å². The lowest BCUT2D eigenvalue weighted by Gasteiger charge is -2.04. The molecule has 2 aromatic heterocycles. The van der Waals surface area contributed by atoms with Gasteiger partial charge in [0.15, 0.2) is 16.9 Å². The summed E-state index contributed by atoms with van der Waals surface area (Å²) < 4.78 is 5.50. The summed E-state index contributed by atoms with van der Waals surface area (Å²) in [5.74, 6) is -0.166. The zero-order valence-corrected chi connectivity index (χ0v) is 17.8. The monoisotopic (exact) mass is 434 g/mol. The van der Waals surface area contributed by atoms with Crippen molar-refractivity contribution in [2.24, 2.45) is 0 Å². The van der Waals surface area contributed by atoms with Gasteiger partial charge < -0.3 is 9.72 Å². The SMILES string of the molecule is CCOc1ccc2nc(SCC(=O)C(C#N)c3nc(-c4ccccc4)cs3)[nH]c2c1. The van der Waals surface area contributed by atoms with Gasteiger partial charge in [-0.3, -0.25) is 4.79 Å². The number of nitriles is 1. The number of rotatable bonds is 8. The smallest absolute Gasteiger partial charge is 0.167 e. The van der Waals surface area contributed by atoms with Gasteiger partial charge in [-0.15, -0.1) is 11.3 Å². The second kappa shape index (κ2) is 9.11. The molecule has 8 heteroatoms. The molecule has 1 N–H and O–H groups in total. The van der Waals surface area contributed by atoms with Gasteiger partial charge >= 0.3 is 0 Å². The lowest BCUT2D eigenvalue weighted by molar-refractivity contribution is -0.116. The average Bonchev–Trinajstić information content (AvgIpc) is 3.40. The van der Waals surface area contributed by atoms with Gasteiger partial charge in [-0.25, -0.2) is 9.97 Å². The Bertz CT molecular complexity index is 1210. The van der Waals surface area contributed by atoms with Gasteiger partial charge in [0.25, 0.3) is 0 Å².